The Morgan fingerprint density at radius 1 is 1.16 bits per heavy atom. The molecule has 0 fully saturated rings. The molecule has 0 amide bonds. The van der Waals surface area contributed by atoms with Crippen molar-refractivity contribution in [2.45, 2.75) is 25.9 Å². The lowest BCUT2D eigenvalue weighted by atomic mass is 10.0. The van der Waals surface area contributed by atoms with Crippen molar-refractivity contribution >= 4 is 0 Å². The Morgan fingerprint density at radius 3 is 2.58 bits per heavy atom. The van der Waals surface area contributed by atoms with Crippen molar-refractivity contribution in [3.05, 3.63) is 59.9 Å². The molecule has 100 valence electrons. The predicted molar refractivity (Wildman–Crippen MR) is 77.1 cm³/mol. The lowest BCUT2D eigenvalue weighted by molar-refractivity contribution is 0.396. The summed E-state index contributed by atoms with van der Waals surface area (Å²) in [7, 11) is 1.72. The van der Waals surface area contributed by atoms with Crippen LogP contribution in [-0.2, 0) is 6.54 Å². The van der Waals surface area contributed by atoms with Crippen LogP contribution in [0, 0.1) is 0 Å². The molecule has 0 aliphatic rings. The molecule has 0 saturated carbocycles. The fourth-order valence-corrected chi connectivity index (χ4v) is 2.17. The van der Waals surface area contributed by atoms with E-state index in [4.69, 9.17) is 4.74 Å². The molecule has 1 heterocycles. The zero-order valence-electron chi connectivity index (χ0n) is 11.5. The Balaban J connectivity index is 2.08. The maximum Gasteiger partial charge on any atom is 0.123 e. The molecule has 0 aliphatic carbocycles. The monoisotopic (exact) mass is 256 g/mol. The van der Waals surface area contributed by atoms with E-state index in [1.54, 1.807) is 7.11 Å². The van der Waals surface area contributed by atoms with Crippen LogP contribution < -0.4 is 10.1 Å². The van der Waals surface area contributed by atoms with Gasteiger partial charge in [0.1, 0.15) is 5.75 Å². The van der Waals surface area contributed by atoms with Gasteiger partial charge >= 0.3 is 0 Å². The zero-order chi connectivity index (χ0) is 13.5. The smallest absolute Gasteiger partial charge is 0.123 e. The second kappa shape index (κ2) is 6.90. The number of pyridine rings is 1. The molecular weight excluding hydrogens is 236 g/mol. The molecule has 1 aromatic heterocycles. The molecule has 0 radical (unpaired) electrons. The molecule has 3 nitrogen and oxygen atoms in total. The van der Waals surface area contributed by atoms with Gasteiger partial charge in [-0.05, 0) is 30.2 Å². The van der Waals surface area contributed by atoms with E-state index < -0.39 is 0 Å². The maximum atomic E-state index is 5.43. The Kier molecular flexibility index (Phi) is 4.93. The fraction of sp³-hybridized carbons (Fsp3) is 0.312. The van der Waals surface area contributed by atoms with Crippen LogP contribution in [0.3, 0.4) is 0 Å². The first kappa shape index (κ1) is 13.6. The summed E-state index contributed by atoms with van der Waals surface area (Å²) in [4.78, 5) is 4.03. The molecule has 1 aromatic carbocycles. The van der Waals surface area contributed by atoms with Gasteiger partial charge in [-0.1, -0.05) is 25.1 Å². The van der Waals surface area contributed by atoms with E-state index in [9.17, 15) is 0 Å². The normalized spacial score (nSPS) is 12.1. The van der Waals surface area contributed by atoms with Gasteiger partial charge in [0.2, 0.25) is 0 Å². The first-order valence-corrected chi connectivity index (χ1v) is 6.60. The van der Waals surface area contributed by atoms with Crippen LogP contribution >= 0.6 is 0 Å². The van der Waals surface area contributed by atoms with Crippen LogP contribution in [0.2, 0.25) is 0 Å². The average molecular weight is 256 g/mol. The number of hydrogen-bond acceptors (Lipinski definition) is 3. The summed E-state index contributed by atoms with van der Waals surface area (Å²) in [6, 6.07) is 12.5. The third-order valence-corrected chi connectivity index (χ3v) is 3.22. The van der Waals surface area contributed by atoms with Gasteiger partial charge in [0, 0.05) is 30.5 Å². The van der Waals surface area contributed by atoms with Gasteiger partial charge in [0.15, 0.2) is 0 Å². The lowest BCUT2D eigenvalue weighted by Crippen LogP contribution is -2.20. The fourth-order valence-electron chi connectivity index (χ4n) is 2.17. The summed E-state index contributed by atoms with van der Waals surface area (Å²) < 4.78 is 5.43. The van der Waals surface area contributed by atoms with Crippen molar-refractivity contribution in [1.82, 2.24) is 10.3 Å². The number of methoxy groups -OCH3 is 1. The number of para-hydroxylation sites is 1. The Hall–Kier alpha value is -1.87. The Morgan fingerprint density at radius 2 is 1.89 bits per heavy atom. The summed E-state index contributed by atoms with van der Waals surface area (Å²) >= 11 is 0. The lowest BCUT2D eigenvalue weighted by Gasteiger charge is -2.20. The van der Waals surface area contributed by atoms with E-state index in [1.165, 1.54) is 11.1 Å². The third-order valence-electron chi connectivity index (χ3n) is 3.22. The predicted octanol–water partition coefficient (Wildman–Crippen LogP) is 3.33. The minimum Gasteiger partial charge on any atom is -0.496 e. The molecule has 0 bridgehead atoms. The number of ether oxygens (including phenoxy) is 1. The van der Waals surface area contributed by atoms with E-state index in [-0.39, 0.29) is 0 Å². The van der Waals surface area contributed by atoms with Crippen molar-refractivity contribution in [2.24, 2.45) is 0 Å². The Bertz CT molecular complexity index is 499. The van der Waals surface area contributed by atoms with Crippen LogP contribution in [-0.4, -0.2) is 12.1 Å². The standard InChI is InChI=1S/C16H20N2O/c1-3-15(14-6-4-5-7-16(14)19-2)18-12-13-8-10-17-11-9-13/h4-11,15,18H,3,12H2,1-2H3. The number of hydrogen-bond donors (Lipinski definition) is 1. The van der Waals surface area contributed by atoms with Crippen LogP contribution in [0.15, 0.2) is 48.8 Å². The first-order valence-electron chi connectivity index (χ1n) is 6.60. The molecular formula is C16H20N2O. The molecule has 19 heavy (non-hydrogen) atoms. The first-order chi connectivity index (χ1) is 9.35. The summed E-state index contributed by atoms with van der Waals surface area (Å²) in [6.45, 7) is 3.01. The third kappa shape index (κ3) is 3.55. The number of nitrogens with zero attached hydrogens (tertiary/aromatic N) is 1. The second-order valence-electron chi connectivity index (χ2n) is 4.44. The van der Waals surface area contributed by atoms with Gasteiger partial charge < -0.3 is 10.1 Å². The highest BCUT2D eigenvalue weighted by Gasteiger charge is 2.13. The van der Waals surface area contributed by atoms with Crippen molar-refractivity contribution in [1.29, 1.82) is 0 Å². The van der Waals surface area contributed by atoms with Gasteiger partial charge in [-0.3, -0.25) is 4.98 Å². The zero-order valence-corrected chi connectivity index (χ0v) is 11.5. The van der Waals surface area contributed by atoms with Gasteiger partial charge in [0.05, 0.1) is 7.11 Å². The topological polar surface area (TPSA) is 34.2 Å². The van der Waals surface area contributed by atoms with Crippen LogP contribution in [0.1, 0.15) is 30.5 Å². The molecule has 3 heteroatoms. The van der Waals surface area contributed by atoms with Crippen LogP contribution in [0.5, 0.6) is 5.75 Å². The van der Waals surface area contributed by atoms with E-state index in [2.05, 4.69) is 29.4 Å². The minimum absolute atomic E-state index is 0.296. The van der Waals surface area contributed by atoms with Crippen LogP contribution in [0.4, 0.5) is 0 Å². The quantitative estimate of drug-likeness (QED) is 0.860. The summed E-state index contributed by atoms with van der Waals surface area (Å²) in [5.41, 5.74) is 2.45. The van der Waals surface area contributed by atoms with Crippen LogP contribution in [0.25, 0.3) is 0 Å². The molecule has 2 rings (SSSR count). The molecule has 2 aromatic rings. The molecule has 1 N–H and O–H groups in total. The number of benzene rings is 1. The van der Waals surface area contributed by atoms with Gasteiger partial charge in [0.25, 0.3) is 0 Å². The van der Waals surface area contributed by atoms with Crippen molar-refractivity contribution in [3.8, 4) is 5.75 Å². The van der Waals surface area contributed by atoms with Crippen molar-refractivity contribution in [2.75, 3.05) is 7.11 Å². The highest BCUT2D eigenvalue weighted by molar-refractivity contribution is 5.35. The van der Waals surface area contributed by atoms with Gasteiger partial charge in [-0.15, -0.1) is 0 Å². The van der Waals surface area contributed by atoms with Gasteiger partial charge in [-0.2, -0.15) is 0 Å². The number of rotatable bonds is 6. The summed E-state index contributed by atoms with van der Waals surface area (Å²) in [5, 5.41) is 3.57. The Labute approximate surface area is 114 Å². The maximum absolute atomic E-state index is 5.43. The second-order valence-corrected chi connectivity index (χ2v) is 4.44. The molecule has 1 unspecified atom stereocenters. The molecule has 0 spiro atoms. The van der Waals surface area contributed by atoms with E-state index in [0.29, 0.717) is 6.04 Å². The van der Waals surface area contributed by atoms with E-state index in [1.807, 2.05) is 36.7 Å². The SMILES string of the molecule is CCC(NCc1ccncc1)c1ccccc1OC. The van der Waals surface area contributed by atoms with E-state index in [0.717, 1.165) is 18.7 Å². The number of aromatic nitrogens is 1. The largest absolute Gasteiger partial charge is 0.496 e. The molecule has 0 aliphatic heterocycles. The highest BCUT2D eigenvalue weighted by Crippen LogP contribution is 2.26. The summed E-state index contributed by atoms with van der Waals surface area (Å²) in [5.74, 6) is 0.941. The molecule has 0 saturated heterocycles. The highest BCUT2D eigenvalue weighted by atomic mass is 16.5. The summed E-state index contributed by atoms with van der Waals surface area (Å²) in [6.07, 6.45) is 4.66. The molecule has 1 atom stereocenters. The minimum atomic E-state index is 0.296. The van der Waals surface area contributed by atoms with Crippen molar-refractivity contribution < 1.29 is 4.74 Å². The van der Waals surface area contributed by atoms with E-state index >= 15 is 0 Å². The number of nitrogens with one attached hydrogen (secondary N) is 1. The van der Waals surface area contributed by atoms with Gasteiger partial charge in [-0.25, -0.2) is 0 Å². The average Bonchev–Trinajstić information content (AvgIpc) is 2.49. The van der Waals surface area contributed by atoms with Crippen molar-refractivity contribution in [3.63, 3.8) is 0 Å².